The maximum Gasteiger partial charge on any atom is 0.307 e. The van der Waals surface area contributed by atoms with Gasteiger partial charge in [-0.05, 0) is 18.9 Å². The first-order valence-electron chi connectivity index (χ1n) is 7.93. The van der Waals surface area contributed by atoms with E-state index in [0.29, 0.717) is 6.42 Å². The summed E-state index contributed by atoms with van der Waals surface area (Å²) in [7, 11) is -1.81. The lowest BCUT2D eigenvalue weighted by Gasteiger charge is -2.28. The van der Waals surface area contributed by atoms with Crippen LogP contribution in [0.15, 0.2) is 24.3 Å². The van der Waals surface area contributed by atoms with Gasteiger partial charge in [0.05, 0.1) is 31.5 Å². The molecule has 1 aliphatic rings. The molecule has 1 aliphatic heterocycles. The Morgan fingerprint density at radius 2 is 2.08 bits per heavy atom. The van der Waals surface area contributed by atoms with Gasteiger partial charge in [-0.15, -0.1) is 0 Å². The van der Waals surface area contributed by atoms with Crippen molar-refractivity contribution in [1.82, 2.24) is 4.90 Å². The average Bonchev–Trinajstić information content (AvgIpc) is 2.87. The molecule has 0 saturated carbocycles. The first-order valence-corrected chi connectivity index (χ1v) is 9.75. The molecule has 1 saturated heterocycles. The normalized spacial score (nSPS) is 19.0. The van der Waals surface area contributed by atoms with E-state index in [1.807, 2.05) is 31.2 Å². The van der Waals surface area contributed by atoms with Crippen LogP contribution in [0.25, 0.3) is 0 Å². The van der Waals surface area contributed by atoms with Crippen molar-refractivity contribution in [3.05, 3.63) is 35.4 Å². The van der Waals surface area contributed by atoms with Crippen LogP contribution >= 0.6 is 0 Å². The summed E-state index contributed by atoms with van der Waals surface area (Å²) >= 11 is 0. The molecule has 24 heavy (non-hydrogen) atoms. The third kappa shape index (κ3) is 5.06. The van der Waals surface area contributed by atoms with E-state index in [2.05, 4.69) is 4.74 Å². The smallest absolute Gasteiger partial charge is 0.307 e. The molecule has 132 valence electrons. The zero-order chi connectivity index (χ0) is 17.7. The molecule has 0 N–H and O–H groups in total. The number of carbonyl (C=O) groups excluding carboxylic acids is 2. The fourth-order valence-corrected chi connectivity index (χ4v) is 4.67. The predicted molar refractivity (Wildman–Crippen MR) is 90.3 cm³/mol. The Labute approximate surface area is 142 Å². The molecular formula is C17H23NO5S. The van der Waals surface area contributed by atoms with Gasteiger partial charge in [0.25, 0.3) is 0 Å². The van der Waals surface area contributed by atoms with Crippen molar-refractivity contribution in [3.63, 3.8) is 0 Å². The number of rotatable bonds is 6. The zero-order valence-corrected chi connectivity index (χ0v) is 14.8. The summed E-state index contributed by atoms with van der Waals surface area (Å²) in [5.74, 6) is -0.520. The SMILES string of the molecule is COC(=O)CCN(C(=O)Cc1cccc(C)c1)C1CCS(=O)(=O)C1. The minimum Gasteiger partial charge on any atom is -0.469 e. The quantitative estimate of drug-likeness (QED) is 0.716. The minimum atomic E-state index is -3.11. The fourth-order valence-electron chi connectivity index (χ4n) is 2.94. The molecule has 0 spiro atoms. The number of carbonyl (C=O) groups is 2. The van der Waals surface area contributed by atoms with E-state index in [4.69, 9.17) is 0 Å². The summed E-state index contributed by atoms with van der Waals surface area (Å²) in [6.45, 7) is 2.13. The molecule has 1 aromatic rings. The average molecular weight is 353 g/mol. The van der Waals surface area contributed by atoms with Gasteiger partial charge in [0.1, 0.15) is 0 Å². The number of nitrogens with zero attached hydrogens (tertiary/aromatic N) is 1. The Morgan fingerprint density at radius 1 is 1.33 bits per heavy atom. The van der Waals surface area contributed by atoms with Crippen LogP contribution in [0.3, 0.4) is 0 Å². The van der Waals surface area contributed by atoms with Crippen LogP contribution in [0.2, 0.25) is 0 Å². The first-order chi connectivity index (χ1) is 11.3. The molecule has 6 nitrogen and oxygen atoms in total. The molecule has 2 rings (SSSR count). The van der Waals surface area contributed by atoms with Gasteiger partial charge in [0.15, 0.2) is 9.84 Å². The number of aryl methyl sites for hydroxylation is 1. The molecule has 1 aromatic carbocycles. The molecule has 0 aromatic heterocycles. The Kier molecular flexibility index (Phi) is 5.99. The summed E-state index contributed by atoms with van der Waals surface area (Å²) in [6, 6.07) is 7.27. The maximum absolute atomic E-state index is 12.7. The predicted octanol–water partition coefficient (Wildman–Crippen LogP) is 1.12. The van der Waals surface area contributed by atoms with Crippen LogP contribution in [0.4, 0.5) is 0 Å². The van der Waals surface area contributed by atoms with Gasteiger partial charge in [-0.25, -0.2) is 8.42 Å². The van der Waals surface area contributed by atoms with Gasteiger partial charge in [-0.2, -0.15) is 0 Å². The van der Waals surface area contributed by atoms with E-state index >= 15 is 0 Å². The fraction of sp³-hybridized carbons (Fsp3) is 0.529. The number of hydrogen-bond donors (Lipinski definition) is 0. The van der Waals surface area contributed by atoms with Crippen molar-refractivity contribution in [2.24, 2.45) is 0 Å². The van der Waals surface area contributed by atoms with Gasteiger partial charge < -0.3 is 9.64 Å². The second-order valence-electron chi connectivity index (χ2n) is 6.14. The van der Waals surface area contributed by atoms with Crippen molar-refractivity contribution in [2.75, 3.05) is 25.2 Å². The molecule has 0 radical (unpaired) electrons. The summed E-state index contributed by atoms with van der Waals surface area (Å²) < 4.78 is 28.1. The molecule has 1 unspecified atom stereocenters. The van der Waals surface area contributed by atoms with Crippen molar-refractivity contribution >= 4 is 21.7 Å². The number of amides is 1. The third-order valence-corrected chi connectivity index (χ3v) is 5.94. The van der Waals surface area contributed by atoms with Crippen LogP contribution in [0.1, 0.15) is 24.0 Å². The van der Waals surface area contributed by atoms with Crippen molar-refractivity contribution in [3.8, 4) is 0 Å². The van der Waals surface area contributed by atoms with E-state index in [1.54, 1.807) is 0 Å². The summed E-state index contributed by atoms with van der Waals surface area (Å²) in [6.07, 6.45) is 0.676. The van der Waals surface area contributed by atoms with E-state index in [9.17, 15) is 18.0 Å². The van der Waals surface area contributed by atoms with Gasteiger partial charge in [-0.3, -0.25) is 9.59 Å². The number of esters is 1. The van der Waals surface area contributed by atoms with Crippen LogP contribution in [0, 0.1) is 6.92 Å². The van der Waals surface area contributed by atoms with Gasteiger partial charge in [0, 0.05) is 12.6 Å². The third-order valence-electron chi connectivity index (χ3n) is 4.19. The lowest BCUT2D eigenvalue weighted by Crippen LogP contribution is -2.43. The van der Waals surface area contributed by atoms with E-state index < -0.39 is 15.8 Å². The second kappa shape index (κ2) is 7.79. The topological polar surface area (TPSA) is 80.8 Å². The number of methoxy groups -OCH3 is 1. The molecule has 1 fully saturated rings. The van der Waals surface area contributed by atoms with E-state index in [1.165, 1.54) is 12.0 Å². The zero-order valence-electron chi connectivity index (χ0n) is 14.0. The van der Waals surface area contributed by atoms with E-state index in [-0.39, 0.29) is 42.8 Å². The summed E-state index contributed by atoms with van der Waals surface area (Å²) in [4.78, 5) is 25.6. The van der Waals surface area contributed by atoms with Gasteiger partial charge in [-0.1, -0.05) is 29.8 Å². The Hall–Kier alpha value is -1.89. The number of ether oxygens (including phenoxy) is 1. The lowest BCUT2D eigenvalue weighted by molar-refractivity contribution is -0.142. The molecular weight excluding hydrogens is 330 g/mol. The van der Waals surface area contributed by atoms with Crippen molar-refractivity contribution in [2.45, 2.75) is 32.2 Å². The molecule has 0 aliphatic carbocycles. The first kappa shape index (κ1) is 18.4. The molecule has 0 bridgehead atoms. The largest absolute Gasteiger partial charge is 0.469 e. The Bertz CT molecular complexity index is 713. The highest BCUT2D eigenvalue weighted by Gasteiger charge is 2.34. The number of sulfone groups is 1. The summed E-state index contributed by atoms with van der Waals surface area (Å²) in [5.41, 5.74) is 1.94. The highest BCUT2D eigenvalue weighted by molar-refractivity contribution is 7.91. The van der Waals surface area contributed by atoms with Gasteiger partial charge in [0.2, 0.25) is 5.91 Å². The highest BCUT2D eigenvalue weighted by atomic mass is 32.2. The molecule has 7 heteroatoms. The monoisotopic (exact) mass is 353 g/mol. The second-order valence-corrected chi connectivity index (χ2v) is 8.36. The summed E-state index contributed by atoms with van der Waals surface area (Å²) in [5, 5.41) is 0. The molecule has 1 amide bonds. The standard InChI is InChI=1S/C17H23NO5S/c1-13-4-3-5-14(10-13)11-16(19)18(8-6-17(20)23-2)15-7-9-24(21,22)12-15/h3-5,10,15H,6-9,11-12H2,1-2H3. The van der Waals surface area contributed by atoms with Gasteiger partial charge >= 0.3 is 5.97 Å². The van der Waals surface area contributed by atoms with E-state index in [0.717, 1.165) is 11.1 Å². The molecule has 1 heterocycles. The molecule has 1 atom stereocenters. The van der Waals surface area contributed by atoms with Crippen LogP contribution in [-0.4, -0.2) is 56.4 Å². The Morgan fingerprint density at radius 3 is 2.67 bits per heavy atom. The number of benzene rings is 1. The van der Waals surface area contributed by atoms with Crippen LogP contribution < -0.4 is 0 Å². The lowest BCUT2D eigenvalue weighted by atomic mass is 10.1. The Balaban J connectivity index is 2.11. The highest BCUT2D eigenvalue weighted by Crippen LogP contribution is 2.19. The van der Waals surface area contributed by atoms with Crippen LogP contribution in [0.5, 0.6) is 0 Å². The maximum atomic E-state index is 12.7. The van der Waals surface area contributed by atoms with Crippen molar-refractivity contribution < 1.29 is 22.7 Å². The minimum absolute atomic E-state index is 0.0340. The van der Waals surface area contributed by atoms with Crippen LogP contribution in [-0.2, 0) is 30.6 Å². The van der Waals surface area contributed by atoms with Crippen molar-refractivity contribution in [1.29, 1.82) is 0 Å². The number of hydrogen-bond acceptors (Lipinski definition) is 5.